The number of carboxylic acids is 1. The molecule has 0 bridgehead atoms. The summed E-state index contributed by atoms with van der Waals surface area (Å²) < 4.78 is 0. The van der Waals surface area contributed by atoms with Gasteiger partial charge < -0.3 is 5.11 Å². The van der Waals surface area contributed by atoms with Crippen molar-refractivity contribution in [2.24, 2.45) is 0 Å². The highest BCUT2D eigenvalue weighted by Crippen LogP contribution is 2.40. The van der Waals surface area contributed by atoms with Gasteiger partial charge in [0.05, 0.1) is 11.4 Å². The fraction of sp³-hybridized carbons (Fsp3) is 0.111. The zero-order valence-corrected chi connectivity index (χ0v) is 13.6. The second-order valence-electron chi connectivity index (χ2n) is 5.23. The second kappa shape index (κ2) is 5.93. The highest BCUT2D eigenvalue weighted by Gasteiger charge is 2.34. The number of rotatable bonds is 3. The van der Waals surface area contributed by atoms with Crippen LogP contribution < -0.4 is 4.90 Å². The number of thioether (sulfide) groups is 1. The lowest BCUT2D eigenvalue weighted by atomic mass is 10.1. The Morgan fingerprint density at radius 3 is 2.52 bits per heavy atom. The van der Waals surface area contributed by atoms with Crippen molar-refractivity contribution >= 4 is 35.0 Å². The van der Waals surface area contributed by atoms with Crippen molar-refractivity contribution < 1.29 is 14.7 Å². The minimum Gasteiger partial charge on any atom is -0.478 e. The van der Waals surface area contributed by atoms with Gasteiger partial charge in [-0.05, 0) is 36.9 Å². The molecule has 0 saturated heterocycles. The molecular formula is C18H15NO3S. The predicted octanol–water partition coefficient (Wildman–Crippen LogP) is 3.80. The number of nitrogens with zero attached hydrogens (tertiary/aromatic N) is 1. The van der Waals surface area contributed by atoms with Gasteiger partial charge in [0.2, 0.25) is 0 Å². The number of aryl methyl sites for hydroxylation is 1. The van der Waals surface area contributed by atoms with Crippen molar-refractivity contribution in [1.29, 1.82) is 0 Å². The largest absolute Gasteiger partial charge is 0.478 e. The van der Waals surface area contributed by atoms with Gasteiger partial charge in [0.1, 0.15) is 0 Å². The molecule has 2 aromatic carbocycles. The predicted molar refractivity (Wildman–Crippen MR) is 91.8 cm³/mol. The van der Waals surface area contributed by atoms with E-state index in [0.717, 1.165) is 16.5 Å². The Hall–Kier alpha value is -2.53. The van der Waals surface area contributed by atoms with Crippen LogP contribution in [-0.4, -0.2) is 23.2 Å². The summed E-state index contributed by atoms with van der Waals surface area (Å²) >= 11 is 1.53. The number of aliphatic carboxylic acids is 1. The Balaban J connectivity index is 2.23. The number of carboxylic acid groups (broad SMARTS) is 1. The van der Waals surface area contributed by atoms with Crippen molar-refractivity contribution in [3.05, 3.63) is 65.2 Å². The Morgan fingerprint density at radius 1 is 1.17 bits per heavy atom. The van der Waals surface area contributed by atoms with Crippen molar-refractivity contribution in [3.8, 4) is 0 Å². The van der Waals surface area contributed by atoms with E-state index in [0.29, 0.717) is 22.5 Å². The van der Waals surface area contributed by atoms with Gasteiger partial charge in [0.25, 0.3) is 5.91 Å². The van der Waals surface area contributed by atoms with Crippen LogP contribution in [-0.2, 0) is 4.79 Å². The first-order chi connectivity index (χ1) is 11.0. The van der Waals surface area contributed by atoms with E-state index in [-0.39, 0.29) is 5.91 Å². The lowest BCUT2D eigenvalue weighted by molar-refractivity contribution is -0.131. The van der Waals surface area contributed by atoms with Crippen LogP contribution in [0.1, 0.15) is 21.5 Å². The van der Waals surface area contributed by atoms with E-state index in [1.54, 1.807) is 24.3 Å². The molecular weight excluding hydrogens is 310 g/mol. The van der Waals surface area contributed by atoms with Gasteiger partial charge in [-0.1, -0.05) is 24.3 Å². The first kappa shape index (κ1) is 15.4. The number of carbonyl (C=O) groups is 2. The molecule has 0 aliphatic carbocycles. The van der Waals surface area contributed by atoms with Gasteiger partial charge in [-0.15, -0.1) is 11.8 Å². The van der Waals surface area contributed by atoms with E-state index in [2.05, 4.69) is 0 Å². The number of hydrogen-bond donors (Lipinski definition) is 1. The molecule has 1 amide bonds. The minimum absolute atomic E-state index is 0.202. The Labute approximate surface area is 138 Å². The molecule has 3 rings (SSSR count). The molecule has 2 aromatic rings. The molecule has 1 N–H and O–H groups in total. The number of carbonyl (C=O) groups excluding carboxylic acids is 1. The zero-order valence-electron chi connectivity index (χ0n) is 12.7. The molecule has 0 radical (unpaired) electrons. The first-order valence-electron chi connectivity index (χ1n) is 7.06. The first-order valence-corrected chi connectivity index (χ1v) is 8.28. The summed E-state index contributed by atoms with van der Waals surface area (Å²) in [7, 11) is 0. The highest BCUT2D eigenvalue weighted by atomic mass is 32.2. The quantitative estimate of drug-likeness (QED) is 0.689. The molecule has 5 heteroatoms. The van der Waals surface area contributed by atoms with E-state index >= 15 is 0 Å². The van der Waals surface area contributed by atoms with Gasteiger partial charge >= 0.3 is 5.97 Å². The van der Waals surface area contributed by atoms with Crippen LogP contribution in [0.3, 0.4) is 0 Å². The molecule has 0 fully saturated rings. The second-order valence-corrected chi connectivity index (χ2v) is 6.08. The molecule has 1 aliphatic heterocycles. The van der Waals surface area contributed by atoms with Crippen LogP contribution in [0.4, 0.5) is 5.69 Å². The summed E-state index contributed by atoms with van der Waals surface area (Å²) in [6.45, 7) is 1.98. The van der Waals surface area contributed by atoms with Crippen molar-refractivity contribution in [2.45, 2.75) is 11.8 Å². The SMILES string of the molecule is CSc1cc(C)ccc1N1C(=O)c2ccccc2C1=CC(=O)O. The average molecular weight is 325 g/mol. The normalized spacial score (nSPS) is 15.1. The fourth-order valence-electron chi connectivity index (χ4n) is 2.71. The van der Waals surface area contributed by atoms with E-state index in [9.17, 15) is 14.7 Å². The molecule has 0 unspecified atom stereocenters. The van der Waals surface area contributed by atoms with Crippen molar-refractivity contribution in [1.82, 2.24) is 0 Å². The maximum absolute atomic E-state index is 12.8. The summed E-state index contributed by atoms with van der Waals surface area (Å²) in [6, 6.07) is 12.9. The maximum Gasteiger partial charge on any atom is 0.330 e. The standard InChI is InChI=1S/C18H15NO3S/c1-11-7-8-14(16(9-11)23-2)19-15(10-17(20)21)12-5-3-4-6-13(12)18(19)22/h3-10H,1-2H3,(H,20,21). The number of benzene rings is 2. The van der Waals surface area contributed by atoms with Gasteiger partial charge in [-0.25, -0.2) is 4.79 Å². The van der Waals surface area contributed by atoms with E-state index in [4.69, 9.17) is 0 Å². The lowest BCUT2D eigenvalue weighted by Crippen LogP contribution is -2.23. The molecule has 1 heterocycles. The van der Waals surface area contributed by atoms with Gasteiger partial charge in [-0.2, -0.15) is 0 Å². The Morgan fingerprint density at radius 2 is 1.87 bits per heavy atom. The molecule has 0 saturated carbocycles. The van der Waals surface area contributed by atoms with Gasteiger partial charge in [0, 0.05) is 22.1 Å². The molecule has 4 nitrogen and oxygen atoms in total. The number of fused-ring (bicyclic) bond motifs is 1. The summed E-state index contributed by atoms with van der Waals surface area (Å²) in [6.07, 6.45) is 3.03. The third kappa shape index (κ3) is 2.64. The molecule has 1 aliphatic rings. The zero-order chi connectivity index (χ0) is 16.6. The lowest BCUT2D eigenvalue weighted by Gasteiger charge is -2.21. The summed E-state index contributed by atoms with van der Waals surface area (Å²) in [4.78, 5) is 26.5. The molecule has 0 aromatic heterocycles. The smallest absolute Gasteiger partial charge is 0.330 e. The Bertz CT molecular complexity index is 842. The minimum atomic E-state index is -1.08. The summed E-state index contributed by atoms with van der Waals surface area (Å²) in [5.41, 5.74) is 3.36. The Kier molecular flexibility index (Phi) is 3.96. The van der Waals surface area contributed by atoms with E-state index in [1.165, 1.54) is 16.7 Å². The fourth-order valence-corrected chi connectivity index (χ4v) is 3.38. The van der Waals surface area contributed by atoms with Gasteiger partial charge in [0.15, 0.2) is 0 Å². The van der Waals surface area contributed by atoms with Crippen molar-refractivity contribution in [3.63, 3.8) is 0 Å². The number of amides is 1. The van der Waals surface area contributed by atoms with Gasteiger partial charge in [-0.3, -0.25) is 9.69 Å². The topological polar surface area (TPSA) is 57.6 Å². The summed E-state index contributed by atoms with van der Waals surface area (Å²) in [5, 5.41) is 9.20. The third-order valence-electron chi connectivity index (χ3n) is 3.71. The third-order valence-corrected chi connectivity index (χ3v) is 4.48. The highest BCUT2D eigenvalue weighted by molar-refractivity contribution is 7.98. The van der Waals surface area contributed by atoms with Crippen LogP contribution in [0.2, 0.25) is 0 Å². The van der Waals surface area contributed by atoms with Crippen LogP contribution in [0, 0.1) is 6.92 Å². The van der Waals surface area contributed by atoms with E-state index in [1.807, 2.05) is 31.4 Å². The number of anilines is 1. The van der Waals surface area contributed by atoms with Crippen molar-refractivity contribution in [2.75, 3.05) is 11.2 Å². The molecule has 23 heavy (non-hydrogen) atoms. The van der Waals surface area contributed by atoms with Crippen LogP contribution in [0.5, 0.6) is 0 Å². The molecule has 0 spiro atoms. The summed E-state index contributed by atoms with van der Waals surface area (Å²) in [5.74, 6) is -1.28. The maximum atomic E-state index is 12.8. The van der Waals surface area contributed by atoms with Crippen LogP contribution in [0.25, 0.3) is 5.70 Å². The van der Waals surface area contributed by atoms with E-state index < -0.39 is 5.97 Å². The van der Waals surface area contributed by atoms with Crippen LogP contribution in [0.15, 0.2) is 53.4 Å². The monoisotopic (exact) mass is 325 g/mol. The van der Waals surface area contributed by atoms with Crippen LogP contribution >= 0.6 is 11.8 Å². The molecule has 0 atom stereocenters. The molecule has 116 valence electrons. The number of hydrogen-bond acceptors (Lipinski definition) is 3. The average Bonchev–Trinajstić information content (AvgIpc) is 2.80.